The average Bonchev–Trinajstić information content (AvgIpc) is 2.70. The van der Waals surface area contributed by atoms with Gasteiger partial charge in [0.15, 0.2) is 6.61 Å². The van der Waals surface area contributed by atoms with Crippen molar-refractivity contribution in [2.24, 2.45) is 0 Å². The number of nitrogens with one attached hydrogen (secondary N) is 1. The van der Waals surface area contributed by atoms with Crippen LogP contribution >= 0.6 is 0 Å². The summed E-state index contributed by atoms with van der Waals surface area (Å²) in [6, 6.07) is 18.0. The van der Waals surface area contributed by atoms with E-state index in [4.69, 9.17) is 10.00 Å². The van der Waals surface area contributed by atoms with Gasteiger partial charge in [-0.3, -0.25) is 4.79 Å². The van der Waals surface area contributed by atoms with Crippen LogP contribution in [0.2, 0.25) is 0 Å². The fourth-order valence-electron chi connectivity index (χ4n) is 2.30. The number of amides is 1. The Balaban J connectivity index is 1.64. The molecule has 0 aromatic heterocycles. The highest BCUT2D eigenvalue weighted by molar-refractivity contribution is 5.91. The highest BCUT2D eigenvalue weighted by Crippen LogP contribution is 2.10. The summed E-state index contributed by atoms with van der Waals surface area (Å²) in [6.45, 7) is 0.979. The number of hydrogen-bond acceptors (Lipinski definition) is 5. The second-order valence-corrected chi connectivity index (χ2v) is 5.73. The van der Waals surface area contributed by atoms with Crippen LogP contribution in [0.5, 0.6) is 0 Å². The second kappa shape index (κ2) is 9.84. The lowest BCUT2D eigenvalue weighted by Gasteiger charge is -2.19. The van der Waals surface area contributed by atoms with Gasteiger partial charge in [0.05, 0.1) is 17.2 Å². The van der Waals surface area contributed by atoms with Gasteiger partial charge in [-0.25, -0.2) is 4.79 Å². The molecule has 1 N–H and O–H groups in total. The summed E-state index contributed by atoms with van der Waals surface area (Å²) in [5, 5.41) is 11.5. The Bertz CT molecular complexity index is 767. The molecule has 1 amide bonds. The van der Waals surface area contributed by atoms with Crippen LogP contribution in [0.25, 0.3) is 0 Å². The molecule has 2 aromatic rings. The van der Waals surface area contributed by atoms with E-state index in [1.54, 1.807) is 0 Å². The van der Waals surface area contributed by atoms with Crippen molar-refractivity contribution in [3.8, 4) is 6.07 Å². The largest absolute Gasteiger partial charge is 0.452 e. The fourth-order valence-corrected chi connectivity index (χ4v) is 2.30. The number of anilines is 1. The lowest BCUT2D eigenvalue weighted by Crippen LogP contribution is -2.31. The Morgan fingerprint density at radius 1 is 1.12 bits per heavy atom. The van der Waals surface area contributed by atoms with Crippen molar-refractivity contribution < 1.29 is 14.3 Å². The Morgan fingerprint density at radius 3 is 2.46 bits per heavy atom. The van der Waals surface area contributed by atoms with E-state index in [1.807, 2.05) is 43.4 Å². The maximum absolute atomic E-state index is 11.8. The summed E-state index contributed by atoms with van der Waals surface area (Å²) in [6.07, 6.45) is 0.778. The Kier molecular flexibility index (Phi) is 7.19. The molecule has 0 saturated heterocycles. The SMILES string of the molecule is CN(CCCNC(=O)COC(=O)c1ccc(C#N)cc1)c1ccccc1. The minimum atomic E-state index is -0.589. The maximum Gasteiger partial charge on any atom is 0.338 e. The molecule has 0 bridgehead atoms. The zero-order valence-corrected chi connectivity index (χ0v) is 14.6. The van der Waals surface area contributed by atoms with Crippen LogP contribution in [0, 0.1) is 11.3 Å². The molecule has 0 atom stereocenters. The Labute approximate surface area is 153 Å². The molecule has 6 nitrogen and oxygen atoms in total. The van der Waals surface area contributed by atoms with Gasteiger partial charge < -0.3 is 15.0 Å². The maximum atomic E-state index is 11.8. The monoisotopic (exact) mass is 351 g/mol. The minimum Gasteiger partial charge on any atom is -0.452 e. The molecule has 2 rings (SSSR count). The van der Waals surface area contributed by atoms with Crippen molar-refractivity contribution in [3.63, 3.8) is 0 Å². The number of benzene rings is 2. The van der Waals surface area contributed by atoms with Crippen molar-refractivity contribution in [2.75, 3.05) is 31.6 Å². The smallest absolute Gasteiger partial charge is 0.338 e. The van der Waals surface area contributed by atoms with Gasteiger partial charge in [0.1, 0.15) is 0 Å². The van der Waals surface area contributed by atoms with Gasteiger partial charge in [-0.15, -0.1) is 0 Å². The number of esters is 1. The number of hydrogen-bond donors (Lipinski definition) is 1. The Morgan fingerprint density at radius 2 is 1.81 bits per heavy atom. The van der Waals surface area contributed by atoms with Gasteiger partial charge in [-0.1, -0.05) is 18.2 Å². The van der Waals surface area contributed by atoms with E-state index in [9.17, 15) is 9.59 Å². The zero-order valence-electron chi connectivity index (χ0n) is 14.6. The quantitative estimate of drug-likeness (QED) is 0.583. The number of rotatable bonds is 8. The Hall–Kier alpha value is -3.33. The van der Waals surface area contributed by atoms with Crippen molar-refractivity contribution in [2.45, 2.75) is 6.42 Å². The normalized spacial score (nSPS) is 9.85. The summed E-state index contributed by atoms with van der Waals surface area (Å²) < 4.78 is 4.97. The fraction of sp³-hybridized carbons (Fsp3) is 0.250. The molecule has 0 radical (unpaired) electrons. The van der Waals surface area contributed by atoms with Crippen LogP contribution in [-0.2, 0) is 9.53 Å². The number of carbonyl (C=O) groups is 2. The van der Waals surface area contributed by atoms with E-state index < -0.39 is 5.97 Å². The second-order valence-electron chi connectivity index (χ2n) is 5.73. The molecule has 6 heteroatoms. The summed E-state index contributed by atoms with van der Waals surface area (Å²) >= 11 is 0. The molecule has 0 fully saturated rings. The van der Waals surface area contributed by atoms with Gasteiger partial charge in [0, 0.05) is 25.8 Å². The first-order valence-electron chi connectivity index (χ1n) is 8.30. The lowest BCUT2D eigenvalue weighted by atomic mass is 10.1. The predicted octanol–water partition coefficient (Wildman–Crippen LogP) is 2.36. The summed E-state index contributed by atoms with van der Waals surface area (Å²) in [5.74, 6) is -0.928. The molecule has 0 heterocycles. The molecule has 134 valence electrons. The van der Waals surface area contributed by atoms with Gasteiger partial charge in [-0.2, -0.15) is 5.26 Å². The average molecular weight is 351 g/mol. The molecule has 0 aliphatic heterocycles. The van der Waals surface area contributed by atoms with Gasteiger partial charge in [-0.05, 0) is 42.8 Å². The minimum absolute atomic E-state index is 0.307. The van der Waals surface area contributed by atoms with Gasteiger partial charge >= 0.3 is 5.97 Å². The van der Waals surface area contributed by atoms with Gasteiger partial charge in [0.25, 0.3) is 5.91 Å². The van der Waals surface area contributed by atoms with E-state index in [0.29, 0.717) is 17.7 Å². The van der Waals surface area contributed by atoms with Crippen LogP contribution in [0.4, 0.5) is 5.69 Å². The summed E-state index contributed by atoms with van der Waals surface area (Å²) in [5.41, 5.74) is 1.89. The predicted molar refractivity (Wildman–Crippen MR) is 98.8 cm³/mol. The van der Waals surface area contributed by atoms with E-state index in [1.165, 1.54) is 24.3 Å². The first-order chi connectivity index (χ1) is 12.6. The first kappa shape index (κ1) is 19.0. The molecule has 0 aliphatic carbocycles. The molecule has 0 aliphatic rings. The van der Waals surface area contributed by atoms with E-state index >= 15 is 0 Å². The van der Waals surface area contributed by atoms with Crippen LogP contribution in [0.3, 0.4) is 0 Å². The molecule has 26 heavy (non-hydrogen) atoms. The third-order valence-electron chi connectivity index (χ3n) is 3.77. The third-order valence-corrected chi connectivity index (χ3v) is 3.77. The third kappa shape index (κ3) is 5.95. The number of ether oxygens (including phenoxy) is 1. The number of para-hydroxylation sites is 1. The molecule has 2 aromatic carbocycles. The highest BCUT2D eigenvalue weighted by atomic mass is 16.5. The summed E-state index contributed by atoms with van der Waals surface area (Å²) in [4.78, 5) is 25.7. The van der Waals surface area contributed by atoms with Crippen LogP contribution in [0.15, 0.2) is 54.6 Å². The molecular weight excluding hydrogens is 330 g/mol. The van der Waals surface area contributed by atoms with Crippen molar-refractivity contribution >= 4 is 17.6 Å². The highest BCUT2D eigenvalue weighted by Gasteiger charge is 2.10. The topological polar surface area (TPSA) is 82.4 Å². The standard InChI is InChI=1S/C20H21N3O3/c1-23(18-6-3-2-4-7-18)13-5-12-22-19(24)15-26-20(25)17-10-8-16(14-21)9-11-17/h2-4,6-11H,5,12-13,15H2,1H3,(H,22,24). The molecule has 0 saturated carbocycles. The summed E-state index contributed by atoms with van der Waals surface area (Å²) in [7, 11) is 2.00. The number of nitrogens with zero attached hydrogens (tertiary/aromatic N) is 2. The van der Waals surface area contributed by atoms with Crippen LogP contribution in [0.1, 0.15) is 22.3 Å². The molecule has 0 unspecified atom stereocenters. The number of carbonyl (C=O) groups excluding carboxylic acids is 2. The van der Waals surface area contributed by atoms with Crippen molar-refractivity contribution in [1.82, 2.24) is 5.32 Å². The first-order valence-corrected chi connectivity index (χ1v) is 8.30. The zero-order chi connectivity index (χ0) is 18.8. The van der Waals surface area contributed by atoms with Gasteiger partial charge in [0.2, 0.25) is 0 Å². The van der Waals surface area contributed by atoms with E-state index in [-0.39, 0.29) is 12.5 Å². The molecular formula is C20H21N3O3. The van der Waals surface area contributed by atoms with Crippen LogP contribution < -0.4 is 10.2 Å². The number of nitriles is 1. The molecule has 0 spiro atoms. The lowest BCUT2D eigenvalue weighted by molar-refractivity contribution is -0.124. The van der Waals surface area contributed by atoms with Crippen molar-refractivity contribution in [1.29, 1.82) is 5.26 Å². The van der Waals surface area contributed by atoms with E-state index in [2.05, 4.69) is 10.2 Å². The van der Waals surface area contributed by atoms with Crippen LogP contribution in [-0.4, -0.2) is 38.6 Å². The van der Waals surface area contributed by atoms with E-state index in [0.717, 1.165) is 18.7 Å². The van der Waals surface area contributed by atoms with Crippen molar-refractivity contribution in [3.05, 3.63) is 65.7 Å².